The minimum atomic E-state index is -1.81. The largest absolute Gasteiger partial charge is 0.395 e. The first kappa shape index (κ1) is 39.7. The molecule has 2 unspecified atom stereocenters. The number of amides is 1. The lowest BCUT2D eigenvalue weighted by atomic mass is 9.83. The van der Waals surface area contributed by atoms with Gasteiger partial charge in [-0.15, -0.1) is 0 Å². The third-order valence-electron chi connectivity index (χ3n) is 9.85. The third-order valence-corrected chi connectivity index (χ3v) is 9.85. The van der Waals surface area contributed by atoms with Crippen LogP contribution >= 0.6 is 0 Å². The Bertz CT molecular complexity index is 1160. The zero-order valence-corrected chi connectivity index (χ0v) is 27.4. The standard InChI is InChI=1S/C29H53N7O14/c30-7-14-19(40)20(41)17(34)26(46-14)49-23-15(9-38)47-27(21(23)42)50-24-18(39)13(36-28(43)29(44)6-16(29)33)5-12(32)22(24)48-25-11(31)2-1-10(45-25)8-35-3-4-37/h1-2,10-27,35,37-42,44H,3-9,30-34H2,(H,36,43)/t10-,11+,12-,13+,14-,15+,16?,17+,18-,19+,20+,21+,22+,23+,24+,25+,26+,27-,29?/m0/s1. The van der Waals surface area contributed by atoms with Crippen molar-refractivity contribution in [2.75, 3.05) is 32.8 Å². The number of rotatable bonds is 14. The maximum absolute atomic E-state index is 12.9. The first-order valence-corrected chi connectivity index (χ1v) is 16.8. The summed E-state index contributed by atoms with van der Waals surface area (Å²) in [4.78, 5) is 12.9. The van der Waals surface area contributed by atoms with E-state index in [9.17, 15) is 35.4 Å². The second-order valence-electron chi connectivity index (χ2n) is 13.5. The number of carbonyl (C=O) groups excluding carboxylic acids is 1. The maximum Gasteiger partial charge on any atom is 0.253 e. The number of nitrogens with two attached hydrogens (primary N) is 5. The van der Waals surface area contributed by atoms with Gasteiger partial charge in [0.15, 0.2) is 24.5 Å². The van der Waals surface area contributed by atoms with E-state index in [1.54, 1.807) is 12.2 Å². The summed E-state index contributed by atoms with van der Waals surface area (Å²) >= 11 is 0. The van der Waals surface area contributed by atoms with Gasteiger partial charge in [-0.3, -0.25) is 4.79 Å². The van der Waals surface area contributed by atoms with Crippen LogP contribution in [0.25, 0.3) is 0 Å². The van der Waals surface area contributed by atoms with Crippen LogP contribution in [-0.4, -0.2) is 190 Å². The summed E-state index contributed by atoms with van der Waals surface area (Å²) in [6.07, 6.45) is -13.6. The van der Waals surface area contributed by atoms with Gasteiger partial charge in [-0.1, -0.05) is 12.2 Å². The molecule has 1 amide bonds. The summed E-state index contributed by atoms with van der Waals surface area (Å²) in [6, 6.07) is -4.85. The molecule has 19 atom stereocenters. The van der Waals surface area contributed by atoms with Crippen molar-refractivity contribution in [1.82, 2.24) is 10.6 Å². The van der Waals surface area contributed by atoms with Gasteiger partial charge in [-0.2, -0.15) is 0 Å². The Hall–Kier alpha value is -1.55. The Kier molecular flexibility index (Phi) is 13.2. The predicted molar refractivity (Wildman–Crippen MR) is 168 cm³/mol. The minimum Gasteiger partial charge on any atom is -0.395 e. The molecule has 21 nitrogen and oxygen atoms in total. The topological polar surface area (TPSA) is 368 Å². The highest BCUT2D eigenvalue weighted by atomic mass is 16.8. The molecule has 0 aromatic heterocycles. The van der Waals surface area contributed by atoms with Gasteiger partial charge in [0.25, 0.3) is 5.91 Å². The first-order valence-electron chi connectivity index (χ1n) is 16.8. The first-order chi connectivity index (χ1) is 23.7. The normalized spacial score (nSPS) is 49.2. The molecule has 3 aliphatic heterocycles. The molecule has 19 N–H and O–H groups in total. The highest BCUT2D eigenvalue weighted by Crippen LogP contribution is 2.37. The van der Waals surface area contributed by atoms with Gasteiger partial charge in [0, 0.05) is 38.1 Å². The Morgan fingerprint density at radius 2 is 1.50 bits per heavy atom. The second-order valence-corrected chi connectivity index (χ2v) is 13.5. The van der Waals surface area contributed by atoms with Crippen molar-refractivity contribution in [3.05, 3.63) is 12.2 Å². The van der Waals surface area contributed by atoms with E-state index >= 15 is 0 Å². The van der Waals surface area contributed by atoms with E-state index in [1.165, 1.54) is 0 Å². The van der Waals surface area contributed by atoms with Gasteiger partial charge in [0.1, 0.15) is 54.9 Å². The van der Waals surface area contributed by atoms with Crippen LogP contribution in [0.15, 0.2) is 12.2 Å². The van der Waals surface area contributed by atoms with Crippen LogP contribution in [0, 0.1) is 0 Å². The van der Waals surface area contributed by atoms with Crippen LogP contribution in [0.2, 0.25) is 0 Å². The van der Waals surface area contributed by atoms with Gasteiger partial charge < -0.3 is 103 Å². The summed E-state index contributed by atoms with van der Waals surface area (Å²) in [5.74, 6) is -0.807. The Morgan fingerprint density at radius 1 is 0.840 bits per heavy atom. The molecule has 50 heavy (non-hydrogen) atoms. The van der Waals surface area contributed by atoms with Crippen molar-refractivity contribution in [2.24, 2.45) is 28.7 Å². The van der Waals surface area contributed by atoms with Crippen molar-refractivity contribution in [2.45, 2.75) is 129 Å². The SMILES string of the molecule is NC[C@@H]1O[C@H](O[C@H]2[C@@H](O)[C@H](O[C@@H]3[C@@H](O)[C@H](NC(=O)C4(O)CC4N)C[C@H](N)[C@H]3O[C@H]3O[C@H](CNCCO)C=C[C@H]3N)O[C@@H]2CO)[C@H](N)[C@@H](O)[C@@H]1O. The Labute approximate surface area is 287 Å². The molecule has 0 spiro atoms. The number of ether oxygens (including phenoxy) is 6. The second kappa shape index (κ2) is 16.6. The summed E-state index contributed by atoms with van der Waals surface area (Å²) in [7, 11) is 0. The number of aliphatic hydroxyl groups is 7. The number of hydrogen-bond donors (Lipinski definition) is 14. The highest BCUT2D eigenvalue weighted by molar-refractivity contribution is 5.89. The molecule has 2 aliphatic carbocycles. The lowest BCUT2D eigenvalue weighted by molar-refractivity contribution is -0.284. The van der Waals surface area contributed by atoms with Gasteiger partial charge >= 0.3 is 0 Å². The molecule has 0 radical (unpaired) electrons. The smallest absolute Gasteiger partial charge is 0.253 e. The molecule has 4 fully saturated rings. The van der Waals surface area contributed by atoms with Crippen molar-refractivity contribution in [3.63, 3.8) is 0 Å². The molecule has 288 valence electrons. The van der Waals surface area contributed by atoms with Crippen LogP contribution in [0.1, 0.15) is 12.8 Å². The van der Waals surface area contributed by atoms with Crippen molar-refractivity contribution in [3.8, 4) is 0 Å². The molecular formula is C29H53N7O14. The zero-order chi connectivity index (χ0) is 36.5. The number of nitrogens with one attached hydrogen (secondary N) is 2. The number of aliphatic hydroxyl groups excluding tert-OH is 6. The van der Waals surface area contributed by atoms with Crippen LogP contribution in [0.4, 0.5) is 0 Å². The van der Waals surface area contributed by atoms with Crippen molar-refractivity contribution < 1.29 is 69.0 Å². The lowest BCUT2D eigenvalue weighted by Crippen LogP contribution is -2.67. The zero-order valence-electron chi connectivity index (χ0n) is 27.4. The molecule has 2 saturated heterocycles. The summed E-state index contributed by atoms with van der Waals surface area (Å²) in [6.45, 7) is -0.294. The van der Waals surface area contributed by atoms with Crippen LogP contribution in [-0.2, 0) is 33.2 Å². The van der Waals surface area contributed by atoms with E-state index in [0.717, 1.165) is 0 Å². The third kappa shape index (κ3) is 8.31. The molecule has 0 aromatic carbocycles. The Morgan fingerprint density at radius 3 is 2.14 bits per heavy atom. The molecule has 3 heterocycles. The lowest BCUT2D eigenvalue weighted by Gasteiger charge is -2.46. The summed E-state index contributed by atoms with van der Waals surface area (Å²) < 4.78 is 35.7. The molecular weight excluding hydrogens is 670 g/mol. The van der Waals surface area contributed by atoms with E-state index in [-0.39, 0.29) is 26.0 Å². The molecule has 5 rings (SSSR count). The average molecular weight is 724 g/mol. The fourth-order valence-corrected chi connectivity index (χ4v) is 6.63. The molecule has 21 heteroatoms. The average Bonchev–Trinajstić information content (AvgIpc) is 3.61. The van der Waals surface area contributed by atoms with E-state index in [0.29, 0.717) is 13.1 Å². The van der Waals surface area contributed by atoms with E-state index < -0.39 is 128 Å². The van der Waals surface area contributed by atoms with E-state index in [4.69, 9.17) is 62.2 Å². The molecule has 0 bridgehead atoms. The highest BCUT2D eigenvalue weighted by Gasteiger charge is 2.59. The molecule has 2 saturated carbocycles. The van der Waals surface area contributed by atoms with Gasteiger partial charge in [0.05, 0.1) is 37.4 Å². The van der Waals surface area contributed by atoms with Crippen LogP contribution in [0.5, 0.6) is 0 Å². The van der Waals surface area contributed by atoms with Gasteiger partial charge in [-0.05, 0) is 6.42 Å². The summed E-state index contributed by atoms with van der Waals surface area (Å²) in [5.41, 5.74) is 28.4. The van der Waals surface area contributed by atoms with E-state index in [1.807, 2.05) is 0 Å². The molecule has 5 aliphatic rings. The van der Waals surface area contributed by atoms with Gasteiger partial charge in [-0.25, -0.2) is 0 Å². The van der Waals surface area contributed by atoms with Gasteiger partial charge in [0.2, 0.25) is 0 Å². The maximum atomic E-state index is 12.9. The van der Waals surface area contributed by atoms with Crippen LogP contribution < -0.4 is 39.3 Å². The quantitative estimate of drug-likeness (QED) is 0.0584. The Balaban J connectivity index is 1.34. The monoisotopic (exact) mass is 723 g/mol. The van der Waals surface area contributed by atoms with Crippen molar-refractivity contribution >= 4 is 5.91 Å². The van der Waals surface area contributed by atoms with Crippen LogP contribution in [0.3, 0.4) is 0 Å². The predicted octanol–water partition coefficient (Wildman–Crippen LogP) is -8.82. The number of carbonyl (C=O) groups is 1. The minimum absolute atomic E-state index is 0.0283. The fraction of sp³-hybridized carbons (Fsp3) is 0.897. The number of hydrogen-bond acceptors (Lipinski definition) is 20. The molecule has 0 aromatic rings. The summed E-state index contributed by atoms with van der Waals surface area (Å²) in [5, 5.41) is 78.9. The van der Waals surface area contributed by atoms with E-state index in [2.05, 4.69) is 10.6 Å². The van der Waals surface area contributed by atoms with Crippen molar-refractivity contribution in [1.29, 1.82) is 0 Å². The fourth-order valence-electron chi connectivity index (χ4n) is 6.63.